The van der Waals surface area contributed by atoms with Crippen LogP contribution in [0.3, 0.4) is 0 Å². The third-order valence-electron chi connectivity index (χ3n) is 6.57. The van der Waals surface area contributed by atoms with E-state index in [0.717, 1.165) is 49.8 Å². The predicted octanol–water partition coefficient (Wildman–Crippen LogP) is 5.58. The summed E-state index contributed by atoms with van der Waals surface area (Å²) in [7, 11) is 0. The minimum atomic E-state index is -0.125. The summed E-state index contributed by atoms with van der Waals surface area (Å²) in [4.78, 5) is 30.6. The molecular weight excluding hydrogens is 540 g/mol. The zero-order chi connectivity index (χ0) is 27.6. The number of piperazine rings is 1. The lowest BCUT2D eigenvalue weighted by Crippen LogP contribution is -2.46. The second kappa shape index (κ2) is 14.1. The van der Waals surface area contributed by atoms with Gasteiger partial charge in [0.2, 0.25) is 0 Å². The minimum Gasteiger partial charge on any atom is -0.354 e. The van der Waals surface area contributed by atoms with Gasteiger partial charge in [0.05, 0.1) is 12.2 Å². The van der Waals surface area contributed by atoms with Gasteiger partial charge in [0.25, 0.3) is 5.91 Å². The Hall–Kier alpha value is -3.72. The lowest BCUT2D eigenvalue weighted by Gasteiger charge is -2.35. The van der Waals surface area contributed by atoms with Crippen molar-refractivity contribution in [3.8, 4) is 0 Å². The molecule has 7 nitrogen and oxygen atoms in total. The van der Waals surface area contributed by atoms with E-state index >= 15 is 0 Å². The van der Waals surface area contributed by atoms with E-state index in [2.05, 4.69) is 61.5 Å². The number of pyridine rings is 1. The Labute approximate surface area is 244 Å². The van der Waals surface area contributed by atoms with E-state index in [9.17, 15) is 4.79 Å². The van der Waals surface area contributed by atoms with Gasteiger partial charge in [-0.05, 0) is 35.4 Å². The second-order valence-corrected chi connectivity index (χ2v) is 10.8. The Kier molecular flexibility index (Phi) is 9.79. The SMILES string of the molecule is O=C(NCc1ccccn1)c1ccc(CSc2nc(Cl)cc(N3CCN(C/C=C/c4ccccc4)CC3)n2)cc1. The molecule has 40 heavy (non-hydrogen) atoms. The smallest absolute Gasteiger partial charge is 0.251 e. The van der Waals surface area contributed by atoms with Crippen LogP contribution in [0.4, 0.5) is 5.82 Å². The van der Waals surface area contributed by atoms with E-state index < -0.39 is 0 Å². The molecule has 9 heteroatoms. The molecule has 1 aliphatic rings. The number of nitrogens with zero attached hydrogens (tertiary/aromatic N) is 5. The number of anilines is 1. The van der Waals surface area contributed by atoms with Gasteiger partial charge in [-0.3, -0.25) is 14.7 Å². The molecule has 1 aliphatic heterocycles. The maximum absolute atomic E-state index is 12.5. The van der Waals surface area contributed by atoms with Crippen LogP contribution in [-0.4, -0.2) is 58.5 Å². The van der Waals surface area contributed by atoms with Gasteiger partial charge in [0, 0.05) is 56.3 Å². The zero-order valence-corrected chi connectivity index (χ0v) is 23.7. The number of halogens is 1. The second-order valence-electron chi connectivity index (χ2n) is 9.42. The standard InChI is InChI=1S/C31H31ClN6OS/c32-28-21-29(38-19-17-37(18-20-38)16-6-9-24-7-2-1-3-8-24)36-31(35-28)40-23-25-11-13-26(14-12-25)30(39)34-22-27-10-4-5-15-33-27/h1-15,21H,16-20,22-23H2,(H,34,39)/b9-6+. The molecular formula is C31H31ClN6OS. The van der Waals surface area contributed by atoms with E-state index in [1.807, 2.05) is 54.6 Å². The van der Waals surface area contributed by atoms with Crippen LogP contribution in [-0.2, 0) is 12.3 Å². The number of nitrogens with one attached hydrogen (secondary N) is 1. The molecule has 1 fully saturated rings. The molecule has 0 radical (unpaired) electrons. The summed E-state index contributed by atoms with van der Waals surface area (Å²) in [6.07, 6.45) is 6.11. The molecule has 2 aromatic carbocycles. The molecule has 0 unspecified atom stereocenters. The molecule has 2 aromatic heterocycles. The van der Waals surface area contributed by atoms with Gasteiger partial charge in [-0.2, -0.15) is 0 Å². The molecule has 0 atom stereocenters. The molecule has 1 saturated heterocycles. The largest absolute Gasteiger partial charge is 0.354 e. The average molecular weight is 571 g/mol. The lowest BCUT2D eigenvalue weighted by molar-refractivity contribution is 0.0950. The number of benzene rings is 2. The molecule has 0 saturated carbocycles. The molecule has 3 heterocycles. The van der Waals surface area contributed by atoms with Gasteiger partial charge in [0.15, 0.2) is 5.16 Å². The van der Waals surface area contributed by atoms with Crippen molar-refractivity contribution in [2.45, 2.75) is 17.5 Å². The molecule has 1 amide bonds. The lowest BCUT2D eigenvalue weighted by atomic mass is 10.1. The fourth-order valence-corrected chi connectivity index (χ4v) is 5.39. The minimum absolute atomic E-state index is 0.125. The summed E-state index contributed by atoms with van der Waals surface area (Å²) in [6, 6.07) is 25.4. The Balaban J connectivity index is 1.10. The Morgan fingerprint density at radius 2 is 1.73 bits per heavy atom. The summed E-state index contributed by atoms with van der Waals surface area (Å²) >= 11 is 7.91. The van der Waals surface area contributed by atoms with Gasteiger partial charge < -0.3 is 10.2 Å². The van der Waals surface area contributed by atoms with Crippen LogP contribution in [0, 0.1) is 0 Å². The molecule has 5 rings (SSSR count). The van der Waals surface area contributed by atoms with Crippen molar-refractivity contribution in [1.29, 1.82) is 0 Å². The fraction of sp³-hybridized carbons (Fsp3) is 0.226. The summed E-state index contributed by atoms with van der Waals surface area (Å²) < 4.78 is 0. The highest BCUT2D eigenvalue weighted by Gasteiger charge is 2.19. The fourth-order valence-electron chi connectivity index (χ4n) is 4.35. The topological polar surface area (TPSA) is 74.2 Å². The van der Waals surface area contributed by atoms with E-state index in [-0.39, 0.29) is 5.91 Å². The van der Waals surface area contributed by atoms with Gasteiger partial charge in [0.1, 0.15) is 11.0 Å². The van der Waals surface area contributed by atoms with Gasteiger partial charge in [-0.1, -0.05) is 84.0 Å². The van der Waals surface area contributed by atoms with Gasteiger partial charge in [-0.25, -0.2) is 9.97 Å². The summed E-state index contributed by atoms with van der Waals surface area (Å²) in [5.41, 5.74) is 3.73. The Bertz CT molecular complexity index is 1410. The Morgan fingerprint density at radius 1 is 0.950 bits per heavy atom. The first kappa shape index (κ1) is 27.8. The summed E-state index contributed by atoms with van der Waals surface area (Å²) in [5, 5.41) is 3.99. The van der Waals surface area contributed by atoms with E-state index in [0.29, 0.717) is 28.2 Å². The third kappa shape index (κ3) is 8.14. The van der Waals surface area contributed by atoms with E-state index in [1.165, 1.54) is 17.3 Å². The number of hydrogen-bond donors (Lipinski definition) is 1. The molecule has 0 spiro atoms. The highest BCUT2D eigenvalue weighted by Crippen LogP contribution is 2.25. The molecule has 1 N–H and O–H groups in total. The van der Waals surface area contributed by atoms with Crippen molar-refractivity contribution in [3.05, 3.63) is 119 Å². The van der Waals surface area contributed by atoms with Crippen LogP contribution >= 0.6 is 23.4 Å². The van der Waals surface area contributed by atoms with Crippen LogP contribution in [0.2, 0.25) is 5.15 Å². The van der Waals surface area contributed by atoms with Crippen molar-refractivity contribution < 1.29 is 4.79 Å². The number of thioether (sulfide) groups is 1. The number of aromatic nitrogens is 3. The van der Waals surface area contributed by atoms with Crippen LogP contribution in [0.15, 0.2) is 96.3 Å². The first-order chi connectivity index (χ1) is 19.6. The third-order valence-corrected chi connectivity index (χ3v) is 7.68. The van der Waals surface area contributed by atoms with Crippen molar-refractivity contribution in [2.75, 3.05) is 37.6 Å². The van der Waals surface area contributed by atoms with E-state index in [1.54, 1.807) is 6.20 Å². The number of rotatable bonds is 10. The van der Waals surface area contributed by atoms with Gasteiger partial charge in [-0.15, -0.1) is 0 Å². The number of carbonyl (C=O) groups is 1. The maximum atomic E-state index is 12.5. The van der Waals surface area contributed by atoms with Crippen molar-refractivity contribution in [1.82, 2.24) is 25.2 Å². The summed E-state index contributed by atoms with van der Waals surface area (Å²) in [6.45, 7) is 5.03. The Morgan fingerprint density at radius 3 is 2.48 bits per heavy atom. The van der Waals surface area contributed by atoms with Crippen molar-refractivity contribution in [3.63, 3.8) is 0 Å². The first-order valence-electron chi connectivity index (χ1n) is 13.3. The predicted molar refractivity (Wildman–Crippen MR) is 163 cm³/mol. The quantitative estimate of drug-likeness (QED) is 0.151. The molecule has 4 aromatic rings. The monoisotopic (exact) mass is 570 g/mol. The average Bonchev–Trinajstić information content (AvgIpc) is 3.00. The number of carbonyl (C=O) groups excluding carboxylic acids is 1. The highest BCUT2D eigenvalue weighted by atomic mass is 35.5. The van der Waals surface area contributed by atoms with Crippen LogP contribution in [0.1, 0.15) is 27.2 Å². The van der Waals surface area contributed by atoms with Crippen LogP contribution in [0.5, 0.6) is 0 Å². The van der Waals surface area contributed by atoms with E-state index in [4.69, 9.17) is 16.6 Å². The maximum Gasteiger partial charge on any atom is 0.251 e. The number of hydrogen-bond acceptors (Lipinski definition) is 7. The zero-order valence-electron chi connectivity index (χ0n) is 22.1. The van der Waals surface area contributed by atoms with Crippen LogP contribution < -0.4 is 10.2 Å². The van der Waals surface area contributed by atoms with Gasteiger partial charge >= 0.3 is 0 Å². The van der Waals surface area contributed by atoms with Crippen molar-refractivity contribution in [2.24, 2.45) is 0 Å². The molecule has 0 aliphatic carbocycles. The first-order valence-corrected chi connectivity index (χ1v) is 14.6. The van der Waals surface area contributed by atoms with Crippen molar-refractivity contribution >= 4 is 41.2 Å². The molecule has 0 bridgehead atoms. The summed E-state index contributed by atoms with van der Waals surface area (Å²) in [5.74, 6) is 1.42. The van der Waals surface area contributed by atoms with Crippen LogP contribution in [0.25, 0.3) is 6.08 Å². The highest BCUT2D eigenvalue weighted by molar-refractivity contribution is 7.98. The molecule has 204 valence electrons. The number of amides is 1. The normalized spacial score (nSPS) is 14.0.